The number of piperidine rings is 1. The van der Waals surface area contributed by atoms with E-state index in [2.05, 4.69) is 4.90 Å². The molecule has 4 rings (SSSR count). The number of furan rings is 2. The lowest BCUT2D eigenvalue weighted by Crippen LogP contribution is -2.30. The fourth-order valence-corrected chi connectivity index (χ4v) is 3.78. The Kier molecular flexibility index (Phi) is 6.42. The summed E-state index contributed by atoms with van der Waals surface area (Å²) in [6, 6.07) is 14.9. The number of ether oxygens (including phenoxy) is 1. The molecule has 0 saturated carbocycles. The van der Waals surface area contributed by atoms with Crippen LogP contribution in [0.5, 0.6) is 5.75 Å². The molecule has 1 aromatic carbocycles. The van der Waals surface area contributed by atoms with E-state index >= 15 is 0 Å². The van der Waals surface area contributed by atoms with Crippen molar-refractivity contribution in [3.63, 3.8) is 0 Å². The summed E-state index contributed by atoms with van der Waals surface area (Å²) in [5, 5.41) is 0. The number of rotatable bonds is 8. The second-order valence-corrected chi connectivity index (χ2v) is 7.49. The smallest absolute Gasteiger partial charge is 0.254 e. The third kappa shape index (κ3) is 4.87. The van der Waals surface area contributed by atoms with Crippen molar-refractivity contribution in [2.24, 2.45) is 0 Å². The van der Waals surface area contributed by atoms with E-state index in [0.29, 0.717) is 31.0 Å². The van der Waals surface area contributed by atoms with Gasteiger partial charge in [-0.25, -0.2) is 0 Å². The van der Waals surface area contributed by atoms with Gasteiger partial charge in [0.1, 0.15) is 17.3 Å². The minimum absolute atomic E-state index is 0.0936. The summed E-state index contributed by atoms with van der Waals surface area (Å²) in [5.41, 5.74) is 0.579. The molecule has 3 heterocycles. The van der Waals surface area contributed by atoms with Gasteiger partial charge in [0.05, 0.1) is 26.0 Å². The topological polar surface area (TPSA) is 59.1 Å². The predicted molar refractivity (Wildman–Crippen MR) is 115 cm³/mol. The zero-order valence-electron chi connectivity index (χ0n) is 17.4. The average Bonchev–Trinajstić information content (AvgIpc) is 3.46. The van der Waals surface area contributed by atoms with Crippen molar-refractivity contribution in [1.29, 1.82) is 0 Å². The summed E-state index contributed by atoms with van der Waals surface area (Å²) >= 11 is 0. The van der Waals surface area contributed by atoms with Gasteiger partial charge in [0, 0.05) is 24.7 Å². The van der Waals surface area contributed by atoms with E-state index in [1.807, 2.05) is 43.3 Å². The molecule has 0 aliphatic carbocycles. The zero-order valence-corrected chi connectivity index (χ0v) is 17.4. The Morgan fingerprint density at radius 1 is 1.03 bits per heavy atom. The second-order valence-electron chi connectivity index (χ2n) is 7.49. The monoisotopic (exact) mass is 408 g/mol. The van der Waals surface area contributed by atoms with Crippen LogP contribution in [0.2, 0.25) is 0 Å². The molecule has 3 aromatic rings. The van der Waals surface area contributed by atoms with Gasteiger partial charge in [-0.15, -0.1) is 0 Å². The molecular weight excluding hydrogens is 380 g/mol. The summed E-state index contributed by atoms with van der Waals surface area (Å²) in [4.78, 5) is 17.3. The second kappa shape index (κ2) is 9.57. The van der Waals surface area contributed by atoms with Crippen molar-refractivity contribution < 1.29 is 18.4 Å². The molecular formula is C24H28N2O4. The normalized spacial score (nSPS) is 14.0. The fraction of sp³-hybridized carbons (Fsp3) is 0.375. The summed E-state index contributed by atoms with van der Waals surface area (Å²) in [6.45, 7) is 5.25. The highest BCUT2D eigenvalue weighted by atomic mass is 16.5. The number of carbonyl (C=O) groups excluding carboxylic acids is 1. The van der Waals surface area contributed by atoms with Crippen molar-refractivity contribution >= 4 is 11.8 Å². The van der Waals surface area contributed by atoms with Crippen molar-refractivity contribution in [3.8, 4) is 5.75 Å². The number of hydrogen-bond acceptors (Lipinski definition) is 5. The Balaban J connectivity index is 1.53. The molecule has 6 heteroatoms. The number of hydrogen-bond donors (Lipinski definition) is 0. The van der Waals surface area contributed by atoms with E-state index in [1.165, 1.54) is 19.3 Å². The highest BCUT2D eigenvalue weighted by molar-refractivity contribution is 5.94. The molecule has 0 atom stereocenters. The average molecular weight is 408 g/mol. The maximum Gasteiger partial charge on any atom is 0.254 e. The minimum atomic E-state index is -0.0936. The minimum Gasteiger partial charge on any atom is -0.494 e. The van der Waals surface area contributed by atoms with Crippen LogP contribution in [-0.2, 0) is 13.1 Å². The standard InChI is InChI=1S/C24H28N2O4/c1-2-28-20-9-6-8-19(16-20)24(27)26(17-21-10-7-15-29-21)18-22-11-12-23(30-22)25-13-4-3-5-14-25/h6-12,15-16H,2-5,13-14,17-18H2,1H3. The molecule has 0 bridgehead atoms. The number of anilines is 1. The Bertz CT molecular complexity index is 942. The number of carbonyl (C=O) groups is 1. The molecule has 1 saturated heterocycles. The van der Waals surface area contributed by atoms with E-state index in [1.54, 1.807) is 23.3 Å². The Morgan fingerprint density at radius 2 is 1.87 bits per heavy atom. The highest BCUT2D eigenvalue weighted by Crippen LogP contribution is 2.25. The SMILES string of the molecule is CCOc1cccc(C(=O)N(Cc2ccco2)Cc2ccc(N3CCCCC3)o2)c1. The predicted octanol–water partition coefficient (Wildman–Crippen LogP) is 5.10. The summed E-state index contributed by atoms with van der Waals surface area (Å²) in [7, 11) is 0. The lowest BCUT2D eigenvalue weighted by Gasteiger charge is -2.26. The number of benzene rings is 1. The fourth-order valence-electron chi connectivity index (χ4n) is 3.78. The summed E-state index contributed by atoms with van der Waals surface area (Å²) < 4.78 is 17.1. The molecule has 30 heavy (non-hydrogen) atoms. The number of amides is 1. The first-order valence-corrected chi connectivity index (χ1v) is 10.6. The van der Waals surface area contributed by atoms with Crippen molar-refractivity contribution in [2.45, 2.75) is 39.3 Å². The van der Waals surface area contributed by atoms with Crippen molar-refractivity contribution in [3.05, 3.63) is 71.9 Å². The number of nitrogens with zero attached hydrogens (tertiary/aromatic N) is 2. The van der Waals surface area contributed by atoms with Crippen LogP contribution >= 0.6 is 0 Å². The van der Waals surface area contributed by atoms with Crippen LogP contribution in [-0.4, -0.2) is 30.5 Å². The maximum atomic E-state index is 13.3. The van der Waals surface area contributed by atoms with Crippen LogP contribution in [0.25, 0.3) is 0 Å². The van der Waals surface area contributed by atoms with Gasteiger partial charge < -0.3 is 23.4 Å². The molecule has 6 nitrogen and oxygen atoms in total. The van der Waals surface area contributed by atoms with Crippen molar-refractivity contribution in [1.82, 2.24) is 4.90 Å². The van der Waals surface area contributed by atoms with Gasteiger partial charge in [-0.2, -0.15) is 0 Å². The molecule has 0 spiro atoms. The van der Waals surface area contributed by atoms with Gasteiger partial charge in [-0.1, -0.05) is 6.07 Å². The first-order valence-electron chi connectivity index (χ1n) is 10.6. The van der Waals surface area contributed by atoms with Gasteiger partial charge in [-0.3, -0.25) is 4.79 Å². The third-order valence-electron chi connectivity index (χ3n) is 5.27. The van der Waals surface area contributed by atoms with Gasteiger partial charge in [0.2, 0.25) is 0 Å². The largest absolute Gasteiger partial charge is 0.494 e. The van der Waals surface area contributed by atoms with E-state index in [9.17, 15) is 4.79 Å². The summed E-state index contributed by atoms with van der Waals surface area (Å²) in [5.74, 6) is 2.97. The molecule has 158 valence electrons. The van der Waals surface area contributed by atoms with E-state index in [4.69, 9.17) is 13.6 Å². The van der Waals surface area contributed by atoms with Crippen LogP contribution < -0.4 is 9.64 Å². The van der Waals surface area contributed by atoms with Gasteiger partial charge in [0.25, 0.3) is 5.91 Å². The third-order valence-corrected chi connectivity index (χ3v) is 5.27. The van der Waals surface area contributed by atoms with Crippen LogP contribution in [0, 0.1) is 0 Å². The molecule has 1 amide bonds. The molecule has 2 aromatic heterocycles. The van der Waals surface area contributed by atoms with Gasteiger partial charge >= 0.3 is 0 Å². The van der Waals surface area contributed by atoms with Crippen LogP contribution in [0.15, 0.2) is 63.6 Å². The van der Waals surface area contributed by atoms with E-state index < -0.39 is 0 Å². The molecule has 1 fully saturated rings. The van der Waals surface area contributed by atoms with Crippen LogP contribution in [0.1, 0.15) is 48.1 Å². The molecule has 0 unspecified atom stereocenters. The summed E-state index contributed by atoms with van der Waals surface area (Å²) in [6.07, 6.45) is 5.27. The molecule has 1 aliphatic rings. The molecule has 0 radical (unpaired) electrons. The molecule has 1 aliphatic heterocycles. The maximum absolute atomic E-state index is 13.3. The highest BCUT2D eigenvalue weighted by Gasteiger charge is 2.21. The van der Waals surface area contributed by atoms with E-state index in [0.717, 1.165) is 30.5 Å². The van der Waals surface area contributed by atoms with Crippen LogP contribution in [0.4, 0.5) is 5.88 Å². The van der Waals surface area contributed by atoms with Crippen molar-refractivity contribution in [2.75, 3.05) is 24.6 Å². The quantitative estimate of drug-likeness (QED) is 0.519. The first kappa shape index (κ1) is 20.1. The Morgan fingerprint density at radius 3 is 2.63 bits per heavy atom. The zero-order chi connectivity index (χ0) is 20.8. The van der Waals surface area contributed by atoms with Gasteiger partial charge in [-0.05, 0) is 62.6 Å². The van der Waals surface area contributed by atoms with E-state index in [-0.39, 0.29) is 5.91 Å². The molecule has 0 N–H and O–H groups in total. The Hall–Kier alpha value is -3.15. The van der Waals surface area contributed by atoms with Crippen LogP contribution in [0.3, 0.4) is 0 Å². The lowest BCUT2D eigenvalue weighted by molar-refractivity contribution is 0.0704. The Labute approximate surface area is 177 Å². The lowest BCUT2D eigenvalue weighted by atomic mass is 10.1. The first-order chi connectivity index (χ1) is 14.7. The van der Waals surface area contributed by atoms with Gasteiger partial charge in [0.15, 0.2) is 5.88 Å².